The molecule has 0 aliphatic rings. The van der Waals surface area contributed by atoms with Crippen molar-refractivity contribution in [3.8, 4) is 0 Å². The molecule has 0 aromatic heterocycles. The molecule has 0 amide bonds. The normalized spacial score (nSPS) is 10.2. The van der Waals surface area contributed by atoms with Gasteiger partial charge in [-0.25, -0.2) is 4.79 Å². The number of ketones is 1. The summed E-state index contributed by atoms with van der Waals surface area (Å²) in [7, 11) is 0. The van der Waals surface area contributed by atoms with Crippen molar-refractivity contribution in [3.05, 3.63) is 64.7 Å². The Bertz CT molecular complexity index is 662. The summed E-state index contributed by atoms with van der Waals surface area (Å²) in [6.07, 6.45) is 0. The van der Waals surface area contributed by atoms with E-state index in [4.69, 9.17) is 10.8 Å². The van der Waals surface area contributed by atoms with Gasteiger partial charge in [0.1, 0.15) is 0 Å². The third-order valence-electron chi connectivity index (χ3n) is 2.85. The van der Waals surface area contributed by atoms with Crippen molar-refractivity contribution in [2.45, 2.75) is 6.92 Å². The maximum Gasteiger partial charge on any atom is 0.336 e. The predicted octanol–water partition coefficient (Wildman–Crippen LogP) is 2.51. The summed E-state index contributed by atoms with van der Waals surface area (Å²) < 4.78 is 0. The molecule has 0 radical (unpaired) electrons. The molecule has 0 saturated carbocycles. The lowest BCUT2D eigenvalue weighted by Gasteiger charge is -2.08. The van der Waals surface area contributed by atoms with Crippen LogP contribution in [-0.4, -0.2) is 16.9 Å². The Morgan fingerprint density at radius 2 is 1.63 bits per heavy atom. The van der Waals surface area contributed by atoms with Gasteiger partial charge in [0.2, 0.25) is 0 Å². The molecular weight excluding hydrogens is 242 g/mol. The molecule has 19 heavy (non-hydrogen) atoms. The minimum Gasteiger partial charge on any atom is -0.478 e. The topological polar surface area (TPSA) is 80.4 Å². The zero-order valence-corrected chi connectivity index (χ0v) is 10.4. The fourth-order valence-corrected chi connectivity index (χ4v) is 1.90. The van der Waals surface area contributed by atoms with Crippen molar-refractivity contribution in [2.75, 3.05) is 5.73 Å². The van der Waals surface area contributed by atoms with E-state index in [1.54, 1.807) is 30.3 Å². The van der Waals surface area contributed by atoms with Gasteiger partial charge < -0.3 is 10.8 Å². The van der Waals surface area contributed by atoms with Crippen LogP contribution in [0.3, 0.4) is 0 Å². The molecule has 2 aromatic carbocycles. The average Bonchev–Trinajstić information content (AvgIpc) is 2.38. The summed E-state index contributed by atoms with van der Waals surface area (Å²) in [6.45, 7) is 1.87. The van der Waals surface area contributed by atoms with Crippen molar-refractivity contribution >= 4 is 17.4 Å². The van der Waals surface area contributed by atoms with E-state index in [2.05, 4.69) is 0 Å². The van der Waals surface area contributed by atoms with E-state index < -0.39 is 5.97 Å². The molecule has 0 spiro atoms. The number of carbonyl (C=O) groups excluding carboxylic acids is 1. The molecule has 0 bridgehead atoms. The Labute approximate surface area is 110 Å². The zero-order chi connectivity index (χ0) is 14.0. The molecule has 0 heterocycles. The number of benzene rings is 2. The molecule has 0 unspecified atom stereocenters. The molecule has 0 aliphatic carbocycles. The standard InChI is InChI=1S/C15H13NO3/c1-9-6-7-12(13(16)8-9)14(17)10-4-2-3-5-11(10)15(18)19/h2-8H,16H2,1H3,(H,18,19). The van der Waals surface area contributed by atoms with Gasteiger partial charge in [-0.05, 0) is 30.7 Å². The fourth-order valence-electron chi connectivity index (χ4n) is 1.90. The number of aryl methyl sites for hydroxylation is 1. The average molecular weight is 255 g/mol. The number of carbonyl (C=O) groups is 2. The zero-order valence-electron chi connectivity index (χ0n) is 10.4. The van der Waals surface area contributed by atoms with Gasteiger partial charge in [0.15, 0.2) is 5.78 Å². The predicted molar refractivity (Wildman–Crippen MR) is 72.4 cm³/mol. The van der Waals surface area contributed by atoms with Crippen LogP contribution in [0.4, 0.5) is 5.69 Å². The molecule has 0 atom stereocenters. The molecule has 0 aliphatic heterocycles. The van der Waals surface area contributed by atoms with Crippen LogP contribution in [0.25, 0.3) is 0 Å². The summed E-state index contributed by atoms with van der Waals surface area (Å²) in [5, 5.41) is 9.09. The van der Waals surface area contributed by atoms with Crippen molar-refractivity contribution in [2.24, 2.45) is 0 Å². The van der Waals surface area contributed by atoms with Gasteiger partial charge in [0.25, 0.3) is 0 Å². The number of anilines is 1. The summed E-state index contributed by atoms with van der Waals surface area (Å²) in [5.41, 5.74) is 7.56. The van der Waals surface area contributed by atoms with E-state index in [9.17, 15) is 9.59 Å². The molecule has 96 valence electrons. The van der Waals surface area contributed by atoms with Crippen molar-refractivity contribution in [1.29, 1.82) is 0 Å². The first-order valence-corrected chi connectivity index (χ1v) is 5.74. The highest BCUT2D eigenvalue weighted by molar-refractivity contribution is 6.16. The highest BCUT2D eigenvalue weighted by Gasteiger charge is 2.18. The van der Waals surface area contributed by atoms with Crippen LogP contribution in [0.1, 0.15) is 31.8 Å². The number of hydrogen-bond donors (Lipinski definition) is 2. The van der Waals surface area contributed by atoms with Crippen LogP contribution in [0, 0.1) is 6.92 Å². The number of hydrogen-bond acceptors (Lipinski definition) is 3. The molecule has 0 saturated heterocycles. The van der Waals surface area contributed by atoms with Gasteiger partial charge in [0.05, 0.1) is 5.56 Å². The summed E-state index contributed by atoms with van der Waals surface area (Å²) in [6, 6.07) is 11.2. The lowest BCUT2D eigenvalue weighted by atomic mass is 9.96. The summed E-state index contributed by atoms with van der Waals surface area (Å²) in [4.78, 5) is 23.5. The fraction of sp³-hybridized carbons (Fsp3) is 0.0667. The first kappa shape index (κ1) is 12.8. The first-order valence-electron chi connectivity index (χ1n) is 5.74. The molecule has 4 heteroatoms. The van der Waals surface area contributed by atoms with Crippen molar-refractivity contribution in [1.82, 2.24) is 0 Å². The largest absolute Gasteiger partial charge is 0.478 e. The SMILES string of the molecule is Cc1ccc(C(=O)c2ccccc2C(=O)O)c(N)c1. The number of aromatic carboxylic acids is 1. The molecule has 0 fully saturated rings. The van der Waals surface area contributed by atoms with Gasteiger partial charge in [-0.1, -0.05) is 24.3 Å². The number of rotatable bonds is 3. The Balaban J connectivity index is 2.53. The number of nitrogen functional groups attached to an aromatic ring is 1. The lowest BCUT2D eigenvalue weighted by Crippen LogP contribution is -2.11. The molecular formula is C15H13NO3. The van der Waals surface area contributed by atoms with Gasteiger partial charge in [0, 0.05) is 16.8 Å². The molecule has 2 rings (SSSR count). The monoisotopic (exact) mass is 255 g/mol. The van der Waals surface area contributed by atoms with Crippen LogP contribution in [0.15, 0.2) is 42.5 Å². The van der Waals surface area contributed by atoms with Crippen molar-refractivity contribution in [3.63, 3.8) is 0 Å². The minimum absolute atomic E-state index is 0.0209. The number of carboxylic acid groups (broad SMARTS) is 1. The Kier molecular flexibility index (Phi) is 3.33. The van der Waals surface area contributed by atoms with E-state index in [1.807, 2.05) is 6.92 Å². The number of nitrogens with two attached hydrogens (primary N) is 1. The van der Waals surface area contributed by atoms with E-state index in [1.165, 1.54) is 12.1 Å². The van der Waals surface area contributed by atoms with Crippen LogP contribution in [0.2, 0.25) is 0 Å². The first-order chi connectivity index (χ1) is 9.00. The highest BCUT2D eigenvalue weighted by Crippen LogP contribution is 2.20. The Morgan fingerprint density at radius 1 is 1.00 bits per heavy atom. The van der Waals surface area contributed by atoms with E-state index in [0.717, 1.165) is 5.56 Å². The van der Waals surface area contributed by atoms with Crippen LogP contribution in [0.5, 0.6) is 0 Å². The van der Waals surface area contributed by atoms with E-state index >= 15 is 0 Å². The van der Waals surface area contributed by atoms with Crippen LogP contribution >= 0.6 is 0 Å². The summed E-state index contributed by atoms with van der Waals surface area (Å²) in [5.74, 6) is -1.51. The second-order valence-electron chi connectivity index (χ2n) is 4.27. The van der Waals surface area contributed by atoms with Crippen molar-refractivity contribution < 1.29 is 14.7 Å². The molecule has 2 aromatic rings. The lowest BCUT2D eigenvalue weighted by molar-refractivity contribution is 0.0693. The quantitative estimate of drug-likeness (QED) is 0.652. The highest BCUT2D eigenvalue weighted by atomic mass is 16.4. The van der Waals surface area contributed by atoms with Gasteiger partial charge >= 0.3 is 5.97 Å². The maximum absolute atomic E-state index is 12.4. The third-order valence-corrected chi connectivity index (χ3v) is 2.85. The third kappa shape index (κ3) is 2.47. The Morgan fingerprint density at radius 3 is 2.21 bits per heavy atom. The van der Waals surface area contributed by atoms with Crippen LogP contribution < -0.4 is 5.73 Å². The second-order valence-corrected chi connectivity index (χ2v) is 4.27. The smallest absolute Gasteiger partial charge is 0.336 e. The molecule has 4 nitrogen and oxygen atoms in total. The van der Waals surface area contributed by atoms with Crippen LogP contribution in [-0.2, 0) is 0 Å². The van der Waals surface area contributed by atoms with E-state index in [-0.39, 0.29) is 16.9 Å². The summed E-state index contributed by atoms with van der Waals surface area (Å²) >= 11 is 0. The maximum atomic E-state index is 12.4. The van der Waals surface area contributed by atoms with E-state index in [0.29, 0.717) is 11.3 Å². The van der Waals surface area contributed by atoms with Gasteiger partial charge in [-0.2, -0.15) is 0 Å². The minimum atomic E-state index is -1.13. The number of carboxylic acids is 1. The van der Waals surface area contributed by atoms with Gasteiger partial charge in [-0.3, -0.25) is 4.79 Å². The Hall–Kier alpha value is -2.62. The van der Waals surface area contributed by atoms with Gasteiger partial charge in [-0.15, -0.1) is 0 Å². The molecule has 3 N–H and O–H groups in total. The second kappa shape index (κ2) is 4.94.